The maximum atomic E-state index is 4.26. The van der Waals surface area contributed by atoms with Gasteiger partial charge in [-0.3, -0.25) is 5.43 Å². The Labute approximate surface area is 123 Å². The van der Waals surface area contributed by atoms with Crippen LogP contribution in [0.3, 0.4) is 0 Å². The highest BCUT2D eigenvalue weighted by Gasteiger charge is 1.96. The number of nitrogens with one attached hydrogen (secondary N) is 1. The lowest BCUT2D eigenvalue weighted by molar-refractivity contribution is 0.797. The molecule has 2 aromatic carbocycles. The average molecular weight is 276 g/mol. The summed E-state index contributed by atoms with van der Waals surface area (Å²) in [6.07, 6.45) is 7.38. The van der Waals surface area contributed by atoms with E-state index in [9.17, 15) is 0 Å². The van der Waals surface area contributed by atoms with Gasteiger partial charge in [-0.15, -0.1) is 0 Å². The van der Waals surface area contributed by atoms with Crippen LogP contribution >= 0.6 is 0 Å². The van der Waals surface area contributed by atoms with Gasteiger partial charge < -0.3 is 4.57 Å². The number of hydrogen-bond donors (Lipinski definition) is 1. The maximum absolute atomic E-state index is 4.26. The molecule has 4 heteroatoms. The van der Waals surface area contributed by atoms with Crippen molar-refractivity contribution in [3.63, 3.8) is 0 Å². The molecule has 4 nitrogen and oxygen atoms in total. The standard InChI is InChI=1S/C17H16N4/c1-2-7-17(8-3-1)20-19-12-15-5-4-6-16(11-15)13-21-10-9-18-14-21/h1-12,14,20H,13H2. The molecule has 21 heavy (non-hydrogen) atoms. The van der Waals surface area contributed by atoms with Crippen LogP contribution in [0.25, 0.3) is 0 Å². The van der Waals surface area contributed by atoms with E-state index in [-0.39, 0.29) is 0 Å². The molecule has 3 aromatic rings. The van der Waals surface area contributed by atoms with E-state index in [0.717, 1.165) is 17.8 Å². The van der Waals surface area contributed by atoms with Crippen molar-refractivity contribution in [3.8, 4) is 0 Å². The molecule has 0 saturated carbocycles. The molecule has 0 radical (unpaired) electrons. The average Bonchev–Trinajstić information content (AvgIpc) is 3.02. The molecule has 0 fully saturated rings. The molecular weight excluding hydrogens is 260 g/mol. The van der Waals surface area contributed by atoms with E-state index in [1.54, 1.807) is 6.20 Å². The minimum absolute atomic E-state index is 0.813. The Balaban J connectivity index is 1.65. The molecule has 0 unspecified atom stereocenters. The lowest BCUT2D eigenvalue weighted by Crippen LogP contribution is -1.97. The second-order valence-electron chi connectivity index (χ2n) is 4.72. The van der Waals surface area contributed by atoms with Gasteiger partial charge in [0.25, 0.3) is 0 Å². The van der Waals surface area contributed by atoms with Gasteiger partial charge >= 0.3 is 0 Å². The molecule has 0 atom stereocenters. The van der Waals surface area contributed by atoms with Crippen LogP contribution in [0, 0.1) is 0 Å². The van der Waals surface area contributed by atoms with Gasteiger partial charge in [0.05, 0.1) is 18.2 Å². The van der Waals surface area contributed by atoms with Crippen molar-refractivity contribution in [2.45, 2.75) is 6.54 Å². The second-order valence-corrected chi connectivity index (χ2v) is 4.72. The van der Waals surface area contributed by atoms with Gasteiger partial charge in [0.15, 0.2) is 0 Å². The van der Waals surface area contributed by atoms with E-state index < -0.39 is 0 Å². The van der Waals surface area contributed by atoms with Crippen LogP contribution in [0.4, 0.5) is 5.69 Å². The third-order valence-electron chi connectivity index (χ3n) is 3.06. The molecule has 0 spiro atoms. The molecule has 1 aromatic heterocycles. The fourth-order valence-corrected chi connectivity index (χ4v) is 2.06. The summed E-state index contributed by atoms with van der Waals surface area (Å²) in [5, 5.41) is 4.26. The third kappa shape index (κ3) is 3.79. The smallest absolute Gasteiger partial charge is 0.0949 e. The molecule has 3 rings (SSSR count). The molecular formula is C17H16N4. The zero-order valence-corrected chi connectivity index (χ0v) is 11.6. The van der Waals surface area contributed by atoms with Crippen molar-refractivity contribution >= 4 is 11.9 Å². The van der Waals surface area contributed by atoms with E-state index in [1.807, 2.05) is 65.8 Å². The zero-order chi connectivity index (χ0) is 14.3. The summed E-state index contributed by atoms with van der Waals surface area (Å²) in [6, 6.07) is 18.2. The Kier molecular flexibility index (Phi) is 4.07. The lowest BCUT2D eigenvalue weighted by Gasteiger charge is -2.03. The summed E-state index contributed by atoms with van der Waals surface area (Å²) in [4.78, 5) is 4.05. The zero-order valence-electron chi connectivity index (χ0n) is 11.6. The van der Waals surface area contributed by atoms with E-state index in [2.05, 4.69) is 27.6 Å². The molecule has 104 valence electrons. The van der Waals surface area contributed by atoms with Crippen molar-refractivity contribution in [2.75, 3.05) is 5.43 Å². The first-order valence-corrected chi connectivity index (χ1v) is 6.79. The topological polar surface area (TPSA) is 42.2 Å². The van der Waals surface area contributed by atoms with Crippen LogP contribution in [0.5, 0.6) is 0 Å². The number of aromatic nitrogens is 2. The van der Waals surface area contributed by atoms with Crippen molar-refractivity contribution in [3.05, 3.63) is 84.4 Å². The Morgan fingerprint density at radius 3 is 2.81 bits per heavy atom. The summed E-state index contributed by atoms with van der Waals surface area (Å²) in [5.74, 6) is 0. The minimum atomic E-state index is 0.813. The van der Waals surface area contributed by atoms with Crippen LogP contribution < -0.4 is 5.43 Å². The Hall–Kier alpha value is -2.88. The van der Waals surface area contributed by atoms with Gasteiger partial charge in [0.2, 0.25) is 0 Å². The normalized spacial score (nSPS) is 10.9. The van der Waals surface area contributed by atoms with Crippen molar-refractivity contribution in [1.29, 1.82) is 0 Å². The largest absolute Gasteiger partial charge is 0.333 e. The molecule has 0 bridgehead atoms. The number of rotatable bonds is 5. The van der Waals surface area contributed by atoms with Gasteiger partial charge in [-0.05, 0) is 29.3 Å². The number of benzene rings is 2. The highest BCUT2D eigenvalue weighted by atomic mass is 15.3. The van der Waals surface area contributed by atoms with Crippen LogP contribution in [0.2, 0.25) is 0 Å². The fourth-order valence-electron chi connectivity index (χ4n) is 2.06. The molecule has 0 amide bonds. The summed E-state index contributed by atoms with van der Waals surface area (Å²) in [6.45, 7) is 0.813. The summed E-state index contributed by atoms with van der Waals surface area (Å²) < 4.78 is 2.04. The number of para-hydroxylation sites is 1. The molecule has 0 aliphatic heterocycles. The third-order valence-corrected chi connectivity index (χ3v) is 3.06. The van der Waals surface area contributed by atoms with Crippen LogP contribution in [0.1, 0.15) is 11.1 Å². The monoisotopic (exact) mass is 276 g/mol. The van der Waals surface area contributed by atoms with E-state index in [4.69, 9.17) is 0 Å². The molecule has 1 N–H and O–H groups in total. The summed E-state index contributed by atoms with van der Waals surface area (Å²) in [5.41, 5.74) is 6.27. The first-order valence-electron chi connectivity index (χ1n) is 6.79. The number of hydrazone groups is 1. The van der Waals surface area contributed by atoms with Crippen molar-refractivity contribution in [1.82, 2.24) is 9.55 Å². The Bertz CT molecular complexity index is 703. The lowest BCUT2D eigenvalue weighted by atomic mass is 10.1. The van der Waals surface area contributed by atoms with E-state index in [0.29, 0.717) is 0 Å². The van der Waals surface area contributed by atoms with Gasteiger partial charge in [-0.2, -0.15) is 5.10 Å². The first-order chi connectivity index (χ1) is 10.4. The maximum Gasteiger partial charge on any atom is 0.0949 e. The molecule has 0 saturated heterocycles. The van der Waals surface area contributed by atoms with Gasteiger partial charge in [-0.1, -0.05) is 36.4 Å². The predicted octanol–water partition coefficient (Wildman–Crippen LogP) is 3.38. The molecule has 1 heterocycles. The van der Waals surface area contributed by atoms with E-state index >= 15 is 0 Å². The number of anilines is 1. The van der Waals surface area contributed by atoms with Crippen LogP contribution in [-0.4, -0.2) is 15.8 Å². The highest BCUT2D eigenvalue weighted by molar-refractivity contribution is 5.80. The molecule has 0 aliphatic carbocycles. The summed E-state index contributed by atoms with van der Waals surface area (Å²) in [7, 11) is 0. The minimum Gasteiger partial charge on any atom is -0.333 e. The first kappa shape index (κ1) is 13.1. The number of imidazole rings is 1. The quantitative estimate of drug-likeness (QED) is 0.573. The number of hydrogen-bond acceptors (Lipinski definition) is 3. The second kappa shape index (κ2) is 6.52. The van der Waals surface area contributed by atoms with Gasteiger partial charge in [0.1, 0.15) is 0 Å². The van der Waals surface area contributed by atoms with Gasteiger partial charge in [-0.25, -0.2) is 4.98 Å². The Morgan fingerprint density at radius 2 is 2.00 bits per heavy atom. The van der Waals surface area contributed by atoms with E-state index in [1.165, 1.54) is 5.56 Å². The summed E-state index contributed by atoms with van der Waals surface area (Å²) >= 11 is 0. The fraction of sp³-hybridized carbons (Fsp3) is 0.0588. The highest BCUT2D eigenvalue weighted by Crippen LogP contribution is 2.07. The number of nitrogens with zero attached hydrogens (tertiary/aromatic N) is 3. The van der Waals surface area contributed by atoms with Crippen molar-refractivity contribution < 1.29 is 0 Å². The Morgan fingerprint density at radius 1 is 1.10 bits per heavy atom. The predicted molar refractivity (Wildman–Crippen MR) is 85.4 cm³/mol. The van der Waals surface area contributed by atoms with Gasteiger partial charge in [0, 0.05) is 18.9 Å². The van der Waals surface area contributed by atoms with Crippen LogP contribution in [-0.2, 0) is 6.54 Å². The SMILES string of the molecule is C(=NNc1ccccc1)c1cccc(Cn2ccnc2)c1. The van der Waals surface area contributed by atoms with Crippen LogP contribution in [0.15, 0.2) is 78.4 Å². The molecule has 0 aliphatic rings. The van der Waals surface area contributed by atoms with Crippen molar-refractivity contribution in [2.24, 2.45) is 5.10 Å².